The van der Waals surface area contributed by atoms with Gasteiger partial charge in [0.1, 0.15) is 30.1 Å². The first kappa shape index (κ1) is 53.2. The van der Waals surface area contributed by atoms with Gasteiger partial charge in [-0.25, -0.2) is 4.79 Å². The Kier molecular flexibility index (Phi) is 20.3. The monoisotopic (exact) mass is 900 g/mol. The number of carbonyl (C=O) groups is 5. The number of carbonyl (C=O) groups excluding carboxylic acids is 5. The first-order chi connectivity index (χ1) is 30.2. The topological polar surface area (TPSA) is 206 Å². The summed E-state index contributed by atoms with van der Waals surface area (Å²) >= 11 is 0. The first-order valence-electron chi connectivity index (χ1n) is 23.5. The number of aliphatic hydroxyl groups is 4. The lowest BCUT2D eigenvalue weighted by molar-refractivity contribution is -0.265. The SMILES string of the molecule is CO[C@H]1C[C@@H]2CC[C@@H](C)[C@@](O)(O2)C(=O)C(=O)N2CCCC[C@H]2C(=O)OC([C@H](C)C[C@@H]2CC[C@@H](O)[C@H](O)C2)CC(=O)[C@H](C)/C=C(\C)[C@@H](O)[C@@H](OC)C(=O)[C@H](C)C[C@H](C)/C=C/C=C/C=C/1C. The third-order valence-electron chi connectivity index (χ3n) is 14.2. The predicted molar refractivity (Wildman–Crippen MR) is 240 cm³/mol. The molecule has 1 saturated carbocycles. The Morgan fingerprint density at radius 1 is 0.844 bits per heavy atom. The second-order valence-electron chi connectivity index (χ2n) is 19.4. The van der Waals surface area contributed by atoms with Gasteiger partial charge in [0.05, 0.1) is 24.4 Å². The Morgan fingerprint density at radius 3 is 2.23 bits per heavy atom. The number of fused-ring (bicyclic) bond motifs is 3. The Labute approximate surface area is 380 Å². The molecule has 14 heteroatoms. The van der Waals surface area contributed by atoms with Gasteiger partial charge in [0.15, 0.2) is 5.78 Å². The van der Waals surface area contributed by atoms with E-state index >= 15 is 0 Å². The molecule has 0 aromatic rings. The van der Waals surface area contributed by atoms with Crippen molar-refractivity contribution in [1.29, 1.82) is 0 Å². The molecule has 64 heavy (non-hydrogen) atoms. The fraction of sp³-hybridized carbons (Fsp3) is 0.740. The van der Waals surface area contributed by atoms with E-state index in [9.17, 15) is 44.4 Å². The number of esters is 1. The Bertz CT molecular complexity index is 1740. The highest BCUT2D eigenvalue weighted by atomic mass is 16.6. The average Bonchev–Trinajstić information content (AvgIpc) is 3.26. The van der Waals surface area contributed by atoms with Crippen molar-refractivity contribution in [2.45, 2.75) is 180 Å². The summed E-state index contributed by atoms with van der Waals surface area (Å²) in [6.45, 7) is 12.6. The molecule has 2 saturated heterocycles. The number of methoxy groups -OCH3 is 2. The summed E-state index contributed by atoms with van der Waals surface area (Å²) in [6, 6.07) is -1.16. The number of hydrogen-bond donors (Lipinski definition) is 4. The maximum Gasteiger partial charge on any atom is 0.329 e. The fourth-order valence-corrected chi connectivity index (χ4v) is 9.88. The zero-order chi connectivity index (χ0) is 47.5. The number of amides is 1. The van der Waals surface area contributed by atoms with Crippen LogP contribution in [0.25, 0.3) is 0 Å². The number of aliphatic hydroxyl groups excluding tert-OH is 3. The number of hydrogen-bond acceptors (Lipinski definition) is 13. The molecule has 1 unspecified atom stereocenters. The Balaban J connectivity index is 1.70. The molecular formula is C50H77NO13. The number of Topliss-reactive ketones (excluding diaryl/α,β-unsaturated/α-hetero) is 3. The molecule has 4 N–H and O–H groups in total. The van der Waals surface area contributed by atoms with Crippen LogP contribution < -0.4 is 0 Å². The van der Waals surface area contributed by atoms with E-state index in [1.807, 2.05) is 51.2 Å². The van der Waals surface area contributed by atoms with Crippen molar-refractivity contribution in [2.75, 3.05) is 20.8 Å². The van der Waals surface area contributed by atoms with Gasteiger partial charge in [-0.3, -0.25) is 19.2 Å². The van der Waals surface area contributed by atoms with Gasteiger partial charge in [-0.15, -0.1) is 0 Å². The molecule has 3 aliphatic heterocycles. The van der Waals surface area contributed by atoms with E-state index in [-0.39, 0.29) is 42.8 Å². The van der Waals surface area contributed by atoms with Crippen LogP contribution in [-0.4, -0.2) is 130 Å². The molecule has 1 aliphatic carbocycles. The third-order valence-corrected chi connectivity index (χ3v) is 14.2. The molecule has 0 aromatic carbocycles. The van der Waals surface area contributed by atoms with Gasteiger partial charge in [0.25, 0.3) is 11.7 Å². The Hall–Kier alpha value is -3.37. The van der Waals surface area contributed by atoms with Crippen molar-refractivity contribution in [3.63, 3.8) is 0 Å². The molecule has 4 aliphatic rings. The molecule has 0 spiro atoms. The lowest BCUT2D eigenvalue weighted by Crippen LogP contribution is -2.61. The normalized spacial score (nSPS) is 40.9. The van der Waals surface area contributed by atoms with E-state index in [0.717, 1.165) is 5.57 Å². The molecule has 1 amide bonds. The number of nitrogens with zero attached hydrogens (tertiary/aromatic N) is 1. The van der Waals surface area contributed by atoms with E-state index in [1.165, 1.54) is 12.0 Å². The highest BCUT2D eigenvalue weighted by Crippen LogP contribution is 2.37. The van der Waals surface area contributed by atoms with Crippen molar-refractivity contribution >= 4 is 29.2 Å². The molecule has 15 atom stereocenters. The molecule has 4 rings (SSSR count). The highest BCUT2D eigenvalue weighted by Gasteiger charge is 2.53. The van der Waals surface area contributed by atoms with Crippen LogP contribution in [0.5, 0.6) is 0 Å². The number of piperidine rings is 1. The van der Waals surface area contributed by atoms with E-state index in [0.29, 0.717) is 69.8 Å². The summed E-state index contributed by atoms with van der Waals surface area (Å²) in [7, 11) is 2.94. The molecule has 0 aromatic heterocycles. The van der Waals surface area contributed by atoms with E-state index in [2.05, 4.69) is 0 Å². The van der Waals surface area contributed by atoms with Gasteiger partial charge < -0.3 is 44.3 Å². The van der Waals surface area contributed by atoms with Crippen LogP contribution in [0.2, 0.25) is 0 Å². The summed E-state index contributed by atoms with van der Waals surface area (Å²) in [4.78, 5) is 71.5. The minimum absolute atomic E-state index is 0.0134. The highest BCUT2D eigenvalue weighted by molar-refractivity contribution is 6.39. The van der Waals surface area contributed by atoms with Crippen LogP contribution in [0.1, 0.15) is 126 Å². The molecule has 14 nitrogen and oxygen atoms in total. The second kappa shape index (κ2) is 24.4. The molecule has 2 bridgehead atoms. The second-order valence-corrected chi connectivity index (χ2v) is 19.4. The van der Waals surface area contributed by atoms with Gasteiger partial charge in [-0.1, -0.05) is 71.1 Å². The molecular weight excluding hydrogens is 823 g/mol. The summed E-state index contributed by atoms with van der Waals surface area (Å²) in [5, 5.41) is 43.9. The summed E-state index contributed by atoms with van der Waals surface area (Å²) < 4.78 is 23.7. The molecule has 0 radical (unpaired) electrons. The molecule has 3 heterocycles. The van der Waals surface area contributed by atoms with Crippen LogP contribution in [0.15, 0.2) is 47.6 Å². The summed E-state index contributed by atoms with van der Waals surface area (Å²) in [5.74, 6) is -8.29. The van der Waals surface area contributed by atoms with Gasteiger partial charge in [-0.2, -0.15) is 0 Å². The zero-order valence-electron chi connectivity index (χ0n) is 39.6. The van der Waals surface area contributed by atoms with Crippen molar-refractivity contribution in [2.24, 2.45) is 35.5 Å². The van der Waals surface area contributed by atoms with Crippen LogP contribution >= 0.6 is 0 Å². The van der Waals surface area contributed by atoms with E-state index < -0.39 is 95.9 Å². The standard InChI is InChI=1S/C50H77NO13/c1-29-15-11-10-12-16-30(2)42(61-8)27-37-20-18-35(7)50(60,64-37)47(57)48(58)51-22-14-13-17-38(51)49(59)63-43(32(4)25-36-19-21-39(52)41(54)26-36)28-40(53)31(3)24-34(6)45(56)46(62-9)44(55)33(5)23-29/h10-12,15-16,24,29,31-33,35-39,41-43,45-46,52,54,56,60H,13-14,17-23,25-28H2,1-9H3/b12-10+,15-11+,30-16+,34-24+/t29-,31-,32-,33-,35-,36+,37+,38+,39-,41-,42+,43?,45-,46+,50-/m1/s1. The van der Waals surface area contributed by atoms with Crippen molar-refractivity contribution in [1.82, 2.24) is 4.90 Å². The minimum Gasteiger partial charge on any atom is -0.460 e. The van der Waals surface area contributed by atoms with Crippen molar-refractivity contribution in [3.05, 3.63) is 47.6 Å². The number of ketones is 3. The lowest BCUT2D eigenvalue weighted by Gasteiger charge is -2.42. The number of rotatable bonds is 5. The smallest absolute Gasteiger partial charge is 0.329 e. The zero-order valence-corrected chi connectivity index (χ0v) is 39.6. The van der Waals surface area contributed by atoms with Crippen LogP contribution in [0.3, 0.4) is 0 Å². The minimum atomic E-state index is -2.44. The van der Waals surface area contributed by atoms with Crippen LogP contribution in [0.4, 0.5) is 0 Å². The van der Waals surface area contributed by atoms with Gasteiger partial charge >= 0.3 is 5.97 Å². The molecule has 360 valence electrons. The first-order valence-corrected chi connectivity index (χ1v) is 23.5. The largest absolute Gasteiger partial charge is 0.460 e. The van der Waals surface area contributed by atoms with E-state index in [4.69, 9.17) is 18.9 Å². The van der Waals surface area contributed by atoms with Gasteiger partial charge in [0.2, 0.25) is 5.79 Å². The lowest BCUT2D eigenvalue weighted by atomic mass is 9.78. The van der Waals surface area contributed by atoms with Gasteiger partial charge in [-0.05, 0) is 107 Å². The summed E-state index contributed by atoms with van der Waals surface area (Å²) in [5.41, 5.74) is 1.24. The number of cyclic esters (lactones) is 1. The third kappa shape index (κ3) is 13.8. The molecule has 3 fully saturated rings. The van der Waals surface area contributed by atoms with E-state index in [1.54, 1.807) is 40.9 Å². The number of ether oxygens (including phenoxy) is 4. The van der Waals surface area contributed by atoms with Gasteiger partial charge in [0, 0.05) is 51.4 Å². The predicted octanol–water partition coefficient (Wildman–Crippen LogP) is 5.53. The number of allylic oxidation sites excluding steroid dienone is 6. The van der Waals surface area contributed by atoms with Crippen LogP contribution in [0, 0.1) is 35.5 Å². The fourth-order valence-electron chi connectivity index (χ4n) is 9.88. The maximum atomic E-state index is 14.3. The summed E-state index contributed by atoms with van der Waals surface area (Å²) in [6.07, 6.45) is 9.61. The quantitative estimate of drug-likeness (QED) is 0.153. The van der Waals surface area contributed by atoms with Crippen LogP contribution in [-0.2, 0) is 42.9 Å². The average molecular weight is 900 g/mol. The Morgan fingerprint density at radius 2 is 1.56 bits per heavy atom. The van der Waals surface area contributed by atoms with Crippen molar-refractivity contribution in [3.8, 4) is 0 Å². The maximum absolute atomic E-state index is 14.3. The van der Waals surface area contributed by atoms with Crippen molar-refractivity contribution < 1.29 is 63.3 Å².